The summed E-state index contributed by atoms with van der Waals surface area (Å²) in [4.78, 5) is 12.4. The maximum atomic E-state index is 12.4. The van der Waals surface area contributed by atoms with E-state index in [4.69, 9.17) is 4.74 Å². The van der Waals surface area contributed by atoms with Crippen LogP contribution in [0.4, 0.5) is 5.69 Å². The van der Waals surface area contributed by atoms with Crippen molar-refractivity contribution >= 4 is 11.6 Å². The summed E-state index contributed by atoms with van der Waals surface area (Å²) in [5.41, 5.74) is 1.73. The summed E-state index contributed by atoms with van der Waals surface area (Å²) in [5.74, 6) is 1.05. The zero-order valence-corrected chi connectivity index (χ0v) is 13.7. The molecule has 0 spiro atoms. The number of hydrogen-bond donors (Lipinski definition) is 1. The van der Waals surface area contributed by atoms with Crippen molar-refractivity contribution < 1.29 is 9.53 Å². The molecular formula is C18H27NO2. The summed E-state index contributed by atoms with van der Waals surface area (Å²) in [7, 11) is 0. The van der Waals surface area contributed by atoms with Crippen LogP contribution in [0.15, 0.2) is 18.2 Å². The van der Waals surface area contributed by atoms with E-state index in [9.17, 15) is 4.79 Å². The molecule has 1 aromatic carbocycles. The fourth-order valence-corrected chi connectivity index (χ4v) is 2.82. The Morgan fingerprint density at radius 1 is 1.38 bits per heavy atom. The Balaban J connectivity index is 2.04. The van der Waals surface area contributed by atoms with Crippen LogP contribution in [0.2, 0.25) is 0 Å². The van der Waals surface area contributed by atoms with Crippen molar-refractivity contribution in [3.63, 3.8) is 0 Å². The van der Waals surface area contributed by atoms with Gasteiger partial charge in [0, 0.05) is 11.1 Å². The third kappa shape index (κ3) is 3.78. The van der Waals surface area contributed by atoms with Crippen LogP contribution in [0.3, 0.4) is 0 Å². The van der Waals surface area contributed by atoms with E-state index in [1.54, 1.807) is 0 Å². The Morgan fingerprint density at radius 2 is 2.05 bits per heavy atom. The topological polar surface area (TPSA) is 38.3 Å². The number of carbonyl (C=O) groups is 1. The van der Waals surface area contributed by atoms with Gasteiger partial charge in [-0.25, -0.2) is 0 Å². The molecule has 1 N–H and O–H groups in total. The summed E-state index contributed by atoms with van der Waals surface area (Å²) in [5, 5.41) is 3.07. The van der Waals surface area contributed by atoms with Crippen LogP contribution in [0.5, 0.6) is 5.75 Å². The van der Waals surface area contributed by atoms with Crippen LogP contribution >= 0.6 is 0 Å². The molecule has 2 rings (SSSR count). The van der Waals surface area contributed by atoms with Crippen molar-refractivity contribution in [2.24, 2.45) is 5.41 Å². The summed E-state index contributed by atoms with van der Waals surface area (Å²) >= 11 is 0. The molecule has 1 fully saturated rings. The zero-order valence-electron chi connectivity index (χ0n) is 13.7. The van der Waals surface area contributed by atoms with Gasteiger partial charge in [-0.1, -0.05) is 26.7 Å². The van der Waals surface area contributed by atoms with Gasteiger partial charge in [0.25, 0.3) is 0 Å². The lowest BCUT2D eigenvalue weighted by atomic mass is 9.88. The molecular weight excluding hydrogens is 262 g/mol. The number of ether oxygens (including phenoxy) is 1. The fourth-order valence-electron chi connectivity index (χ4n) is 2.82. The van der Waals surface area contributed by atoms with Crippen molar-refractivity contribution in [1.29, 1.82) is 0 Å². The van der Waals surface area contributed by atoms with Gasteiger partial charge >= 0.3 is 0 Å². The van der Waals surface area contributed by atoms with E-state index >= 15 is 0 Å². The molecule has 0 aliphatic heterocycles. The van der Waals surface area contributed by atoms with Gasteiger partial charge in [-0.05, 0) is 56.9 Å². The van der Waals surface area contributed by atoms with E-state index in [-0.39, 0.29) is 17.4 Å². The van der Waals surface area contributed by atoms with E-state index in [1.165, 1.54) is 0 Å². The Labute approximate surface area is 128 Å². The Bertz CT molecular complexity index is 504. The highest BCUT2D eigenvalue weighted by molar-refractivity contribution is 5.95. The second-order valence-electron chi connectivity index (χ2n) is 6.54. The SMILES string of the molecule is CCC(C)Oc1ccc(NC(=O)C2(C)CCCC2)cc1C. The third-order valence-electron chi connectivity index (χ3n) is 4.59. The van der Waals surface area contributed by atoms with Gasteiger partial charge in [0.1, 0.15) is 5.75 Å². The average Bonchev–Trinajstić information content (AvgIpc) is 2.90. The standard InChI is InChI=1S/C18H27NO2/c1-5-14(3)21-16-9-8-15(12-13(16)2)19-17(20)18(4)10-6-7-11-18/h8-9,12,14H,5-7,10-11H2,1-4H3,(H,19,20). The fraction of sp³-hybridized carbons (Fsp3) is 0.611. The highest BCUT2D eigenvalue weighted by Gasteiger charge is 2.36. The first-order valence-electron chi connectivity index (χ1n) is 8.03. The first-order valence-corrected chi connectivity index (χ1v) is 8.03. The van der Waals surface area contributed by atoms with Crippen LogP contribution in [0.1, 0.15) is 58.4 Å². The predicted octanol–water partition coefficient (Wildman–Crippen LogP) is 4.69. The Hall–Kier alpha value is -1.51. The molecule has 0 bridgehead atoms. The second-order valence-corrected chi connectivity index (χ2v) is 6.54. The highest BCUT2D eigenvalue weighted by atomic mass is 16.5. The third-order valence-corrected chi connectivity index (χ3v) is 4.59. The molecule has 3 heteroatoms. The van der Waals surface area contributed by atoms with Gasteiger partial charge in [0.05, 0.1) is 6.10 Å². The van der Waals surface area contributed by atoms with Gasteiger partial charge in [-0.2, -0.15) is 0 Å². The zero-order chi connectivity index (χ0) is 15.5. The number of carbonyl (C=O) groups excluding carboxylic acids is 1. The number of nitrogens with one attached hydrogen (secondary N) is 1. The number of aryl methyl sites for hydroxylation is 1. The Kier molecular flexibility index (Phi) is 4.92. The largest absolute Gasteiger partial charge is 0.490 e. The molecule has 1 aliphatic rings. The first kappa shape index (κ1) is 15.9. The molecule has 0 heterocycles. The Morgan fingerprint density at radius 3 is 2.62 bits per heavy atom. The van der Waals surface area contributed by atoms with E-state index < -0.39 is 0 Å². The predicted molar refractivity (Wildman–Crippen MR) is 86.8 cm³/mol. The number of benzene rings is 1. The number of hydrogen-bond acceptors (Lipinski definition) is 2. The van der Waals surface area contributed by atoms with Crippen LogP contribution < -0.4 is 10.1 Å². The normalized spacial score (nSPS) is 18.3. The lowest BCUT2D eigenvalue weighted by Crippen LogP contribution is -2.30. The molecule has 21 heavy (non-hydrogen) atoms. The molecule has 1 saturated carbocycles. The lowest BCUT2D eigenvalue weighted by molar-refractivity contribution is -0.124. The van der Waals surface area contributed by atoms with Gasteiger partial charge in [0.15, 0.2) is 0 Å². The minimum Gasteiger partial charge on any atom is -0.490 e. The summed E-state index contributed by atoms with van der Waals surface area (Å²) in [6.45, 7) is 8.26. The van der Waals surface area contributed by atoms with E-state index in [0.29, 0.717) is 0 Å². The van der Waals surface area contributed by atoms with E-state index in [1.807, 2.05) is 25.1 Å². The molecule has 1 atom stereocenters. The number of anilines is 1. The number of amides is 1. The molecule has 0 saturated heterocycles. The summed E-state index contributed by atoms with van der Waals surface area (Å²) in [6.07, 6.45) is 5.49. The molecule has 1 aromatic rings. The van der Waals surface area contributed by atoms with Crippen molar-refractivity contribution in [1.82, 2.24) is 0 Å². The quantitative estimate of drug-likeness (QED) is 0.854. The van der Waals surface area contributed by atoms with Gasteiger partial charge in [-0.3, -0.25) is 4.79 Å². The molecule has 116 valence electrons. The van der Waals surface area contributed by atoms with Crippen molar-refractivity contribution in [3.05, 3.63) is 23.8 Å². The molecule has 0 aromatic heterocycles. The van der Waals surface area contributed by atoms with Gasteiger partial charge in [0.2, 0.25) is 5.91 Å². The smallest absolute Gasteiger partial charge is 0.230 e. The lowest BCUT2D eigenvalue weighted by Gasteiger charge is -2.22. The number of rotatable bonds is 5. The molecule has 1 aliphatic carbocycles. The van der Waals surface area contributed by atoms with Crippen LogP contribution in [0, 0.1) is 12.3 Å². The first-order chi connectivity index (χ1) is 9.94. The van der Waals surface area contributed by atoms with E-state index in [2.05, 4.69) is 26.1 Å². The van der Waals surface area contributed by atoms with Gasteiger partial charge < -0.3 is 10.1 Å². The van der Waals surface area contributed by atoms with Crippen molar-refractivity contribution in [2.45, 2.75) is 65.9 Å². The summed E-state index contributed by atoms with van der Waals surface area (Å²) < 4.78 is 5.86. The molecule has 1 amide bonds. The van der Waals surface area contributed by atoms with Crippen LogP contribution in [-0.2, 0) is 4.79 Å². The minimum absolute atomic E-state index is 0.148. The van der Waals surface area contributed by atoms with Crippen molar-refractivity contribution in [3.8, 4) is 5.75 Å². The average molecular weight is 289 g/mol. The highest BCUT2D eigenvalue weighted by Crippen LogP contribution is 2.38. The van der Waals surface area contributed by atoms with Crippen LogP contribution in [0.25, 0.3) is 0 Å². The van der Waals surface area contributed by atoms with Gasteiger partial charge in [-0.15, -0.1) is 0 Å². The molecule has 3 nitrogen and oxygen atoms in total. The maximum Gasteiger partial charge on any atom is 0.230 e. The molecule has 1 unspecified atom stereocenters. The maximum absolute atomic E-state index is 12.4. The second kappa shape index (κ2) is 6.50. The summed E-state index contributed by atoms with van der Waals surface area (Å²) in [6, 6.07) is 5.88. The van der Waals surface area contributed by atoms with Crippen LogP contribution in [-0.4, -0.2) is 12.0 Å². The molecule has 0 radical (unpaired) electrons. The minimum atomic E-state index is -0.195. The van der Waals surface area contributed by atoms with Crippen molar-refractivity contribution in [2.75, 3.05) is 5.32 Å². The monoisotopic (exact) mass is 289 g/mol. The van der Waals surface area contributed by atoms with E-state index in [0.717, 1.165) is 49.1 Å².